The Labute approximate surface area is 187 Å². The molecule has 0 saturated carbocycles. The molecule has 1 N–H and O–H groups in total. The second kappa shape index (κ2) is 10.3. The lowest BCUT2D eigenvalue weighted by atomic mass is 10.0. The van der Waals surface area contributed by atoms with E-state index in [1.165, 1.54) is 11.0 Å². The van der Waals surface area contributed by atoms with E-state index in [9.17, 15) is 14.0 Å². The molecule has 0 aliphatic heterocycles. The van der Waals surface area contributed by atoms with Gasteiger partial charge in [-0.15, -0.1) is 0 Å². The van der Waals surface area contributed by atoms with Gasteiger partial charge in [-0.2, -0.15) is 0 Å². The number of amides is 2. The van der Waals surface area contributed by atoms with Crippen molar-refractivity contribution in [2.45, 2.75) is 58.7 Å². The van der Waals surface area contributed by atoms with Crippen LogP contribution in [0.1, 0.15) is 45.2 Å². The van der Waals surface area contributed by atoms with Gasteiger partial charge in [-0.1, -0.05) is 54.4 Å². The number of nitrogens with one attached hydrogen (secondary N) is 1. The van der Waals surface area contributed by atoms with Crippen molar-refractivity contribution in [1.82, 2.24) is 10.2 Å². The molecular weight excluding hydrogens is 426 g/mol. The predicted octanol–water partition coefficient (Wildman–Crippen LogP) is 5.40. The quantitative estimate of drug-likeness (QED) is 0.611. The van der Waals surface area contributed by atoms with Crippen LogP contribution in [0.3, 0.4) is 0 Å². The summed E-state index contributed by atoms with van der Waals surface area (Å²) in [5.41, 5.74) is 0.565. The summed E-state index contributed by atoms with van der Waals surface area (Å²) in [5, 5.41) is 3.70. The molecule has 0 unspecified atom stereocenters. The molecule has 0 spiro atoms. The number of hydrogen-bond donors (Lipinski definition) is 1. The molecule has 0 heterocycles. The van der Waals surface area contributed by atoms with Crippen molar-refractivity contribution in [2.24, 2.45) is 0 Å². The summed E-state index contributed by atoms with van der Waals surface area (Å²) >= 11 is 12.1. The number of carbonyl (C=O) groups is 2. The van der Waals surface area contributed by atoms with Crippen molar-refractivity contribution in [3.8, 4) is 0 Å². The fraction of sp³-hybridized carbons (Fsp3) is 0.391. The Morgan fingerprint density at radius 1 is 1.10 bits per heavy atom. The van der Waals surface area contributed by atoms with Crippen molar-refractivity contribution in [1.29, 1.82) is 0 Å². The second-order valence-electron chi connectivity index (χ2n) is 8.20. The van der Waals surface area contributed by atoms with Gasteiger partial charge in [0.15, 0.2) is 0 Å². The summed E-state index contributed by atoms with van der Waals surface area (Å²) in [6.45, 7) is 7.62. The van der Waals surface area contributed by atoms with E-state index in [-0.39, 0.29) is 30.3 Å². The Hall–Kier alpha value is -2.11. The van der Waals surface area contributed by atoms with E-state index in [0.717, 1.165) is 5.56 Å². The standard InChI is InChI=1S/C23H27Cl2FN2O2/c1-5-20(22(30)27-23(2,3)4)28(14-15-10-11-17(24)18(25)12-15)21(29)13-16-8-6-7-9-19(16)26/h6-12,20H,5,13-14H2,1-4H3,(H,27,30)/t20-/m0/s1. The Bertz CT molecular complexity index is 912. The van der Waals surface area contributed by atoms with E-state index in [1.807, 2.05) is 27.7 Å². The molecule has 0 aliphatic carbocycles. The summed E-state index contributed by atoms with van der Waals surface area (Å²) in [7, 11) is 0. The van der Waals surface area contributed by atoms with E-state index in [4.69, 9.17) is 23.2 Å². The minimum atomic E-state index is -0.710. The Morgan fingerprint density at radius 3 is 2.33 bits per heavy atom. The molecule has 2 amide bonds. The number of hydrogen-bond acceptors (Lipinski definition) is 2. The predicted molar refractivity (Wildman–Crippen MR) is 119 cm³/mol. The van der Waals surface area contributed by atoms with Crippen LogP contribution in [0, 0.1) is 5.82 Å². The van der Waals surface area contributed by atoms with Crippen molar-refractivity contribution in [3.05, 3.63) is 69.5 Å². The van der Waals surface area contributed by atoms with Crippen LogP contribution in [-0.4, -0.2) is 28.3 Å². The average Bonchev–Trinajstić information content (AvgIpc) is 2.64. The maximum atomic E-state index is 14.1. The van der Waals surface area contributed by atoms with Crippen molar-refractivity contribution in [3.63, 3.8) is 0 Å². The van der Waals surface area contributed by atoms with Crippen LogP contribution in [0.15, 0.2) is 42.5 Å². The molecule has 0 aromatic heterocycles. The van der Waals surface area contributed by atoms with Gasteiger partial charge in [0, 0.05) is 12.1 Å². The van der Waals surface area contributed by atoms with Gasteiger partial charge in [-0.25, -0.2) is 4.39 Å². The van der Waals surface area contributed by atoms with Gasteiger partial charge in [0.05, 0.1) is 16.5 Å². The fourth-order valence-electron chi connectivity index (χ4n) is 3.11. The average molecular weight is 453 g/mol. The van der Waals surface area contributed by atoms with Crippen LogP contribution in [0.2, 0.25) is 10.0 Å². The summed E-state index contributed by atoms with van der Waals surface area (Å²) in [4.78, 5) is 27.6. The molecule has 4 nitrogen and oxygen atoms in total. The maximum absolute atomic E-state index is 14.1. The van der Waals surface area contributed by atoms with E-state index in [0.29, 0.717) is 16.5 Å². The van der Waals surface area contributed by atoms with E-state index < -0.39 is 17.4 Å². The van der Waals surface area contributed by atoms with Gasteiger partial charge in [-0.3, -0.25) is 9.59 Å². The first kappa shape index (κ1) is 24.2. The zero-order valence-electron chi connectivity index (χ0n) is 17.6. The summed E-state index contributed by atoms with van der Waals surface area (Å²) in [5.74, 6) is -1.05. The number of benzene rings is 2. The molecule has 1 atom stereocenters. The summed E-state index contributed by atoms with van der Waals surface area (Å²) in [6.07, 6.45) is 0.263. The molecule has 7 heteroatoms. The van der Waals surface area contributed by atoms with Crippen molar-refractivity contribution < 1.29 is 14.0 Å². The third kappa shape index (κ3) is 6.71. The highest BCUT2D eigenvalue weighted by molar-refractivity contribution is 6.42. The maximum Gasteiger partial charge on any atom is 0.243 e. The number of halogens is 3. The number of carbonyl (C=O) groups excluding carboxylic acids is 2. The van der Waals surface area contributed by atoms with Gasteiger partial charge in [0.2, 0.25) is 11.8 Å². The monoisotopic (exact) mass is 452 g/mol. The molecule has 0 bridgehead atoms. The largest absolute Gasteiger partial charge is 0.350 e. The highest BCUT2D eigenvalue weighted by atomic mass is 35.5. The van der Waals surface area contributed by atoms with Crippen LogP contribution in [0.25, 0.3) is 0 Å². The molecule has 2 aromatic carbocycles. The Kier molecular flexibility index (Phi) is 8.27. The van der Waals surface area contributed by atoms with E-state index in [2.05, 4.69) is 5.32 Å². The van der Waals surface area contributed by atoms with Crippen LogP contribution in [0.4, 0.5) is 4.39 Å². The first-order valence-electron chi connectivity index (χ1n) is 9.80. The lowest BCUT2D eigenvalue weighted by Crippen LogP contribution is -2.53. The van der Waals surface area contributed by atoms with E-state index in [1.54, 1.807) is 36.4 Å². The fourth-order valence-corrected chi connectivity index (χ4v) is 3.43. The van der Waals surface area contributed by atoms with Gasteiger partial charge in [0.25, 0.3) is 0 Å². The molecule has 0 fully saturated rings. The molecule has 30 heavy (non-hydrogen) atoms. The SMILES string of the molecule is CC[C@@H](C(=O)NC(C)(C)C)N(Cc1ccc(Cl)c(Cl)c1)C(=O)Cc1ccccc1F. The summed E-state index contributed by atoms with van der Waals surface area (Å²) < 4.78 is 14.1. The lowest BCUT2D eigenvalue weighted by Gasteiger charge is -2.33. The van der Waals surface area contributed by atoms with Crippen molar-refractivity contribution in [2.75, 3.05) is 0 Å². The molecule has 0 radical (unpaired) electrons. The number of nitrogens with zero attached hydrogens (tertiary/aromatic N) is 1. The molecule has 0 saturated heterocycles. The zero-order chi connectivity index (χ0) is 22.5. The number of rotatable bonds is 7. The van der Waals surface area contributed by atoms with Crippen LogP contribution in [-0.2, 0) is 22.6 Å². The Morgan fingerprint density at radius 2 is 1.77 bits per heavy atom. The molecule has 2 rings (SSSR count). The minimum Gasteiger partial charge on any atom is -0.350 e. The van der Waals surface area contributed by atoms with Crippen molar-refractivity contribution >= 4 is 35.0 Å². The smallest absolute Gasteiger partial charge is 0.243 e. The first-order valence-corrected chi connectivity index (χ1v) is 10.6. The topological polar surface area (TPSA) is 49.4 Å². The minimum absolute atomic E-state index is 0.146. The first-order chi connectivity index (χ1) is 14.0. The third-order valence-corrected chi connectivity index (χ3v) is 5.26. The Balaban J connectivity index is 2.36. The van der Waals surface area contributed by atoms with Gasteiger partial charge < -0.3 is 10.2 Å². The summed E-state index contributed by atoms with van der Waals surface area (Å²) in [6, 6.07) is 10.5. The third-order valence-electron chi connectivity index (χ3n) is 4.52. The highest BCUT2D eigenvalue weighted by Crippen LogP contribution is 2.24. The highest BCUT2D eigenvalue weighted by Gasteiger charge is 2.31. The molecule has 162 valence electrons. The van der Waals surface area contributed by atoms with Gasteiger partial charge in [0.1, 0.15) is 11.9 Å². The van der Waals surface area contributed by atoms with Crippen LogP contribution >= 0.6 is 23.2 Å². The van der Waals surface area contributed by atoms with Gasteiger partial charge in [-0.05, 0) is 56.5 Å². The normalized spacial score (nSPS) is 12.4. The molecule has 0 aliphatic rings. The lowest BCUT2D eigenvalue weighted by molar-refractivity contribution is -0.141. The second-order valence-corrected chi connectivity index (χ2v) is 9.02. The van der Waals surface area contributed by atoms with Gasteiger partial charge >= 0.3 is 0 Å². The zero-order valence-corrected chi connectivity index (χ0v) is 19.1. The molecule has 2 aromatic rings. The van der Waals surface area contributed by atoms with Crippen LogP contribution < -0.4 is 5.32 Å². The van der Waals surface area contributed by atoms with Crippen LogP contribution in [0.5, 0.6) is 0 Å². The van der Waals surface area contributed by atoms with E-state index >= 15 is 0 Å². The molecular formula is C23H27Cl2FN2O2.